The second kappa shape index (κ2) is 7.31. The van der Waals surface area contributed by atoms with Crippen LogP contribution in [0.3, 0.4) is 0 Å². The van der Waals surface area contributed by atoms with Gasteiger partial charge in [-0.2, -0.15) is 0 Å². The van der Waals surface area contributed by atoms with Gasteiger partial charge < -0.3 is 21.1 Å². The standard InChI is InChI=1S/C18H20N4O3/c19-18(25)22-11-14-10-20-8-6-15(14)16(22)12-2-4-13(5-3-12)17(24)21-7-1-9-23/h2-6,8,10,16,23H,1,7,9,11H2,(H2,19,25)(H,21,24). The normalized spacial score (nSPS) is 15.7. The Morgan fingerprint density at radius 1 is 1.28 bits per heavy atom. The van der Waals surface area contributed by atoms with Crippen molar-refractivity contribution in [3.8, 4) is 0 Å². The summed E-state index contributed by atoms with van der Waals surface area (Å²) in [6.07, 6.45) is 3.96. The maximum Gasteiger partial charge on any atom is 0.315 e. The first-order valence-corrected chi connectivity index (χ1v) is 8.09. The van der Waals surface area contributed by atoms with Crippen molar-refractivity contribution in [3.05, 3.63) is 65.0 Å². The molecule has 7 nitrogen and oxygen atoms in total. The number of rotatable bonds is 5. The molecule has 1 unspecified atom stereocenters. The number of pyridine rings is 1. The minimum Gasteiger partial charge on any atom is -0.396 e. The molecular formula is C18H20N4O3. The molecule has 1 aromatic heterocycles. The second-order valence-corrected chi connectivity index (χ2v) is 5.90. The van der Waals surface area contributed by atoms with Crippen molar-refractivity contribution >= 4 is 11.9 Å². The average molecular weight is 340 g/mol. The fourth-order valence-corrected chi connectivity index (χ4v) is 3.04. The first-order valence-electron chi connectivity index (χ1n) is 8.09. The number of carbonyl (C=O) groups excluding carboxylic acids is 2. The summed E-state index contributed by atoms with van der Waals surface area (Å²) in [6.45, 7) is 0.889. The lowest BCUT2D eigenvalue weighted by molar-refractivity contribution is 0.0951. The summed E-state index contributed by atoms with van der Waals surface area (Å²) in [6, 6.07) is 8.23. The van der Waals surface area contributed by atoms with Crippen LogP contribution in [0.25, 0.3) is 0 Å². The van der Waals surface area contributed by atoms with Crippen LogP contribution in [0.5, 0.6) is 0 Å². The number of primary amides is 1. The Balaban J connectivity index is 1.83. The smallest absolute Gasteiger partial charge is 0.315 e. The maximum atomic E-state index is 12.0. The predicted octanol–water partition coefficient (Wildman–Crippen LogP) is 1.18. The molecule has 0 saturated carbocycles. The predicted molar refractivity (Wildman–Crippen MR) is 91.7 cm³/mol. The van der Waals surface area contributed by atoms with Crippen LogP contribution in [-0.4, -0.2) is 40.1 Å². The molecule has 4 N–H and O–H groups in total. The van der Waals surface area contributed by atoms with Gasteiger partial charge in [-0.15, -0.1) is 0 Å². The number of hydrogen-bond donors (Lipinski definition) is 3. The van der Waals surface area contributed by atoms with Gasteiger partial charge in [0, 0.05) is 31.1 Å². The van der Waals surface area contributed by atoms with Crippen LogP contribution in [0.15, 0.2) is 42.7 Å². The minimum absolute atomic E-state index is 0.0398. The lowest BCUT2D eigenvalue weighted by Crippen LogP contribution is -2.34. The molecule has 25 heavy (non-hydrogen) atoms. The molecule has 1 aliphatic heterocycles. The van der Waals surface area contributed by atoms with Gasteiger partial charge in [-0.3, -0.25) is 9.78 Å². The van der Waals surface area contributed by atoms with Gasteiger partial charge in [-0.25, -0.2) is 4.79 Å². The van der Waals surface area contributed by atoms with E-state index in [0.717, 1.165) is 16.7 Å². The molecular weight excluding hydrogens is 320 g/mol. The number of urea groups is 1. The summed E-state index contributed by atoms with van der Waals surface area (Å²) in [5, 5.41) is 11.5. The highest BCUT2D eigenvalue weighted by Crippen LogP contribution is 2.37. The Hall–Kier alpha value is -2.93. The molecule has 0 aliphatic carbocycles. The number of aliphatic hydroxyl groups excluding tert-OH is 1. The number of aliphatic hydroxyl groups is 1. The third kappa shape index (κ3) is 3.46. The number of carbonyl (C=O) groups is 2. The van der Waals surface area contributed by atoms with E-state index in [1.807, 2.05) is 18.2 Å². The molecule has 3 amide bonds. The Labute approximate surface area is 145 Å². The Morgan fingerprint density at radius 3 is 2.72 bits per heavy atom. The van der Waals surface area contributed by atoms with E-state index in [-0.39, 0.29) is 18.6 Å². The van der Waals surface area contributed by atoms with Crippen LogP contribution in [0.4, 0.5) is 4.79 Å². The van der Waals surface area contributed by atoms with Crippen molar-refractivity contribution in [1.82, 2.24) is 15.2 Å². The molecule has 7 heteroatoms. The number of aromatic nitrogens is 1. The summed E-state index contributed by atoms with van der Waals surface area (Å²) in [5.41, 5.74) is 8.91. The lowest BCUT2D eigenvalue weighted by Gasteiger charge is -2.24. The molecule has 2 aromatic rings. The molecule has 130 valence electrons. The largest absolute Gasteiger partial charge is 0.396 e. The van der Waals surface area contributed by atoms with E-state index in [1.165, 1.54) is 0 Å². The molecule has 0 fully saturated rings. The summed E-state index contributed by atoms with van der Waals surface area (Å²) >= 11 is 0. The quantitative estimate of drug-likeness (QED) is 0.710. The van der Waals surface area contributed by atoms with Crippen LogP contribution in [0.2, 0.25) is 0 Å². The van der Waals surface area contributed by atoms with Crippen LogP contribution < -0.4 is 11.1 Å². The number of fused-ring (bicyclic) bond motifs is 1. The Kier molecular flexibility index (Phi) is 4.95. The molecule has 0 radical (unpaired) electrons. The third-order valence-corrected chi connectivity index (χ3v) is 4.28. The van der Waals surface area contributed by atoms with Crippen LogP contribution in [0, 0.1) is 0 Å². The van der Waals surface area contributed by atoms with Crippen molar-refractivity contribution in [1.29, 1.82) is 0 Å². The van der Waals surface area contributed by atoms with E-state index >= 15 is 0 Å². The third-order valence-electron chi connectivity index (χ3n) is 4.28. The van der Waals surface area contributed by atoms with Gasteiger partial charge in [0.15, 0.2) is 0 Å². The summed E-state index contributed by atoms with van der Waals surface area (Å²) in [7, 11) is 0. The molecule has 0 saturated heterocycles. The number of nitrogens with one attached hydrogen (secondary N) is 1. The van der Waals surface area contributed by atoms with Crippen molar-refractivity contribution in [2.45, 2.75) is 19.0 Å². The van der Waals surface area contributed by atoms with Crippen molar-refractivity contribution < 1.29 is 14.7 Å². The molecule has 0 bridgehead atoms. The second-order valence-electron chi connectivity index (χ2n) is 5.90. The fourth-order valence-electron chi connectivity index (χ4n) is 3.04. The van der Waals surface area contributed by atoms with Crippen LogP contribution in [-0.2, 0) is 6.54 Å². The van der Waals surface area contributed by atoms with Gasteiger partial charge >= 0.3 is 6.03 Å². The highest BCUT2D eigenvalue weighted by atomic mass is 16.3. The van der Waals surface area contributed by atoms with E-state index in [9.17, 15) is 9.59 Å². The molecule has 1 atom stereocenters. The molecule has 2 heterocycles. The first-order chi connectivity index (χ1) is 12.1. The molecule has 3 rings (SSSR count). The van der Waals surface area contributed by atoms with E-state index in [0.29, 0.717) is 25.1 Å². The zero-order valence-electron chi connectivity index (χ0n) is 13.7. The fraction of sp³-hybridized carbons (Fsp3) is 0.278. The van der Waals surface area contributed by atoms with E-state index in [4.69, 9.17) is 10.8 Å². The van der Waals surface area contributed by atoms with Crippen LogP contribution >= 0.6 is 0 Å². The van der Waals surface area contributed by atoms with Gasteiger partial charge in [0.25, 0.3) is 5.91 Å². The van der Waals surface area contributed by atoms with Gasteiger partial charge in [0.05, 0.1) is 12.6 Å². The van der Waals surface area contributed by atoms with Crippen molar-refractivity contribution in [2.75, 3.05) is 13.2 Å². The number of nitrogens with two attached hydrogens (primary N) is 1. The van der Waals surface area contributed by atoms with E-state index in [2.05, 4.69) is 10.3 Å². The zero-order valence-corrected chi connectivity index (χ0v) is 13.7. The summed E-state index contributed by atoms with van der Waals surface area (Å²) in [5.74, 6) is -0.192. The van der Waals surface area contributed by atoms with Crippen molar-refractivity contribution in [3.63, 3.8) is 0 Å². The van der Waals surface area contributed by atoms with Gasteiger partial charge in [-0.1, -0.05) is 12.1 Å². The van der Waals surface area contributed by atoms with Gasteiger partial charge in [0.1, 0.15) is 0 Å². The average Bonchev–Trinajstić information content (AvgIpc) is 3.02. The van der Waals surface area contributed by atoms with Crippen molar-refractivity contribution in [2.24, 2.45) is 5.73 Å². The molecule has 1 aromatic carbocycles. The highest BCUT2D eigenvalue weighted by molar-refractivity contribution is 5.94. The summed E-state index contributed by atoms with van der Waals surface area (Å²) < 4.78 is 0. The van der Waals surface area contributed by atoms with Crippen LogP contribution in [0.1, 0.15) is 39.5 Å². The zero-order chi connectivity index (χ0) is 17.8. The number of amides is 3. The number of hydrogen-bond acceptors (Lipinski definition) is 4. The Bertz CT molecular complexity index is 776. The topological polar surface area (TPSA) is 109 Å². The number of nitrogens with zero attached hydrogens (tertiary/aromatic N) is 2. The van der Waals surface area contributed by atoms with Gasteiger partial charge in [0.2, 0.25) is 0 Å². The maximum absolute atomic E-state index is 12.0. The monoisotopic (exact) mass is 340 g/mol. The Morgan fingerprint density at radius 2 is 2.04 bits per heavy atom. The van der Waals surface area contributed by atoms with E-state index in [1.54, 1.807) is 29.4 Å². The highest BCUT2D eigenvalue weighted by Gasteiger charge is 2.33. The van der Waals surface area contributed by atoms with Gasteiger partial charge in [-0.05, 0) is 41.3 Å². The minimum atomic E-state index is -0.493. The summed E-state index contributed by atoms with van der Waals surface area (Å²) in [4.78, 5) is 29.5. The molecule has 1 aliphatic rings. The number of benzene rings is 1. The SMILES string of the molecule is NC(=O)N1Cc2cnccc2C1c1ccc(C(=O)NCCCO)cc1. The lowest BCUT2D eigenvalue weighted by atomic mass is 9.98. The first kappa shape index (κ1) is 16.9. The molecule has 0 spiro atoms. The van der Waals surface area contributed by atoms with E-state index < -0.39 is 6.03 Å².